The number of rotatable bonds is 5. The Labute approximate surface area is 98.9 Å². The standard InChI is InChI=1S/C13H23N3/c1-10-6-12(3)15-13(7-10)14-8-11(2)9-16(4)5/h6-7,11H,8-9H2,1-5H3,(H,14,15). The second kappa shape index (κ2) is 5.85. The van der Waals surface area contributed by atoms with Gasteiger partial charge in [-0.3, -0.25) is 0 Å². The lowest BCUT2D eigenvalue weighted by atomic mass is 10.1. The molecule has 3 nitrogen and oxygen atoms in total. The zero-order chi connectivity index (χ0) is 12.1. The summed E-state index contributed by atoms with van der Waals surface area (Å²) in [6.45, 7) is 8.44. The van der Waals surface area contributed by atoms with E-state index < -0.39 is 0 Å². The molecule has 1 rings (SSSR count). The average Bonchev–Trinajstić information content (AvgIpc) is 2.12. The van der Waals surface area contributed by atoms with Gasteiger partial charge in [0.2, 0.25) is 0 Å². The quantitative estimate of drug-likeness (QED) is 0.827. The number of hydrogen-bond donors (Lipinski definition) is 1. The van der Waals surface area contributed by atoms with Gasteiger partial charge in [-0.05, 0) is 51.6 Å². The molecule has 1 aromatic heterocycles. The fourth-order valence-electron chi connectivity index (χ4n) is 1.90. The fraction of sp³-hybridized carbons (Fsp3) is 0.615. The summed E-state index contributed by atoms with van der Waals surface area (Å²) in [4.78, 5) is 6.67. The normalized spacial score (nSPS) is 12.9. The molecule has 0 bridgehead atoms. The van der Waals surface area contributed by atoms with E-state index in [4.69, 9.17) is 0 Å². The molecule has 0 aliphatic carbocycles. The summed E-state index contributed by atoms with van der Waals surface area (Å²) in [7, 11) is 4.21. The zero-order valence-electron chi connectivity index (χ0n) is 11.0. The predicted octanol–water partition coefficient (Wildman–Crippen LogP) is 2.31. The monoisotopic (exact) mass is 221 g/mol. The van der Waals surface area contributed by atoms with E-state index in [2.05, 4.69) is 55.3 Å². The number of hydrogen-bond acceptors (Lipinski definition) is 3. The van der Waals surface area contributed by atoms with E-state index in [9.17, 15) is 0 Å². The first kappa shape index (κ1) is 13.0. The van der Waals surface area contributed by atoms with Crippen molar-refractivity contribution in [3.8, 4) is 0 Å². The lowest BCUT2D eigenvalue weighted by molar-refractivity contribution is 0.347. The first-order chi connectivity index (χ1) is 7.47. The molecule has 0 aliphatic heterocycles. The van der Waals surface area contributed by atoms with Gasteiger partial charge in [0.05, 0.1) is 0 Å². The molecular formula is C13H23N3. The van der Waals surface area contributed by atoms with Gasteiger partial charge in [0.1, 0.15) is 5.82 Å². The summed E-state index contributed by atoms with van der Waals surface area (Å²) in [5, 5.41) is 3.39. The van der Waals surface area contributed by atoms with Crippen LogP contribution >= 0.6 is 0 Å². The fourth-order valence-corrected chi connectivity index (χ4v) is 1.90. The number of anilines is 1. The van der Waals surface area contributed by atoms with Crippen molar-refractivity contribution in [2.45, 2.75) is 20.8 Å². The highest BCUT2D eigenvalue weighted by Crippen LogP contribution is 2.09. The molecule has 0 radical (unpaired) electrons. The van der Waals surface area contributed by atoms with Gasteiger partial charge in [0, 0.05) is 18.8 Å². The van der Waals surface area contributed by atoms with Crippen LogP contribution in [0.1, 0.15) is 18.2 Å². The third-order valence-electron chi connectivity index (χ3n) is 2.41. The van der Waals surface area contributed by atoms with Gasteiger partial charge in [0.25, 0.3) is 0 Å². The van der Waals surface area contributed by atoms with Crippen LogP contribution in [0.5, 0.6) is 0 Å². The molecule has 1 unspecified atom stereocenters. The summed E-state index contributed by atoms with van der Waals surface area (Å²) >= 11 is 0. The summed E-state index contributed by atoms with van der Waals surface area (Å²) in [6, 6.07) is 4.18. The molecule has 1 N–H and O–H groups in total. The van der Waals surface area contributed by atoms with Crippen molar-refractivity contribution in [1.29, 1.82) is 0 Å². The molecule has 3 heteroatoms. The smallest absolute Gasteiger partial charge is 0.126 e. The minimum Gasteiger partial charge on any atom is -0.370 e. The minimum atomic E-state index is 0.623. The Morgan fingerprint density at radius 2 is 2.00 bits per heavy atom. The number of aryl methyl sites for hydroxylation is 2. The third kappa shape index (κ3) is 4.62. The van der Waals surface area contributed by atoms with Gasteiger partial charge in [-0.15, -0.1) is 0 Å². The van der Waals surface area contributed by atoms with Gasteiger partial charge in [-0.1, -0.05) is 6.92 Å². The van der Waals surface area contributed by atoms with Gasteiger partial charge < -0.3 is 10.2 Å². The third-order valence-corrected chi connectivity index (χ3v) is 2.41. The van der Waals surface area contributed by atoms with Crippen LogP contribution in [-0.2, 0) is 0 Å². The SMILES string of the molecule is Cc1cc(C)nc(NCC(C)CN(C)C)c1. The lowest BCUT2D eigenvalue weighted by Gasteiger charge is -2.17. The van der Waals surface area contributed by atoms with E-state index in [1.54, 1.807) is 0 Å². The summed E-state index contributed by atoms with van der Waals surface area (Å²) in [6.07, 6.45) is 0. The number of pyridine rings is 1. The van der Waals surface area contributed by atoms with E-state index in [0.29, 0.717) is 5.92 Å². The van der Waals surface area contributed by atoms with E-state index >= 15 is 0 Å². The van der Waals surface area contributed by atoms with Crippen LogP contribution in [-0.4, -0.2) is 37.1 Å². The van der Waals surface area contributed by atoms with E-state index in [1.807, 2.05) is 6.92 Å². The van der Waals surface area contributed by atoms with Gasteiger partial charge in [0.15, 0.2) is 0 Å². The highest BCUT2D eigenvalue weighted by Gasteiger charge is 2.04. The van der Waals surface area contributed by atoms with E-state index in [-0.39, 0.29) is 0 Å². The Bertz CT molecular complexity index is 314. The zero-order valence-corrected chi connectivity index (χ0v) is 11.0. The Kier molecular flexibility index (Phi) is 4.74. The van der Waals surface area contributed by atoms with Crippen LogP contribution in [0.3, 0.4) is 0 Å². The van der Waals surface area contributed by atoms with Crippen molar-refractivity contribution in [2.75, 3.05) is 32.5 Å². The van der Waals surface area contributed by atoms with Crippen molar-refractivity contribution < 1.29 is 0 Å². The van der Waals surface area contributed by atoms with Crippen molar-refractivity contribution in [2.24, 2.45) is 5.92 Å². The molecule has 1 aromatic rings. The Balaban J connectivity index is 2.48. The molecule has 0 fully saturated rings. The Hall–Kier alpha value is -1.09. The second-order valence-electron chi connectivity index (χ2n) is 4.92. The molecule has 90 valence electrons. The topological polar surface area (TPSA) is 28.2 Å². The molecule has 16 heavy (non-hydrogen) atoms. The number of nitrogens with one attached hydrogen (secondary N) is 1. The van der Waals surface area contributed by atoms with E-state index in [0.717, 1.165) is 24.6 Å². The maximum Gasteiger partial charge on any atom is 0.126 e. The highest BCUT2D eigenvalue weighted by atomic mass is 15.1. The predicted molar refractivity (Wildman–Crippen MR) is 69.9 cm³/mol. The van der Waals surface area contributed by atoms with Crippen molar-refractivity contribution >= 4 is 5.82 Å². The Morgan fingerprint density at radius 1 is 1.31 bits per heavy atom. The summed E-state index contributed by atoms with van der Waals surface area (Å²) in [5.41, 5.74) is 2.33. The molecule has 1 heterocycles. The van der Waals surface area contributed by atoms with Crippen molar-refractivity contribution in [3.63, 3.8) is 0 Å². The summed E-state index contributed by atoms with van der Waals surface area (Å²) in [5.74, 6) is 1.61. The average molecular weight is 221 g/mol. The minimum absolute atomic E-state index is 0.623. The van der Waals surface area contributed by atoms with Crippen LogP contribution in [0.2, 0.25) is 0 Å². The molecular weight excluding hydrogens is 198 g/mol. The maximum atomic E-state index is 4.46. The molecule has 0 spiro atoms. The Morgan fingerprint density at radius 3 is 2.56 bits per heavy atom. The molecule has 0 aliphatic rings. The number of nitrogens with zero attached hydrogens (tertiary/aromatic N) is 2. The first-order valence-electron chi connectivity index (χ1n) is 5.81. The molecule has 0 saturated carbocycles. The van der Waals surface area contributed by atoms with Crippen LogP contribution in [0, 0.1) is 19.8 Å². The highest BCUT2D eigenvalue weighted by molar-refractivity contribution is 5.38. The molecule has 1 atom stereocenters. The molecule has 0 aromatic carbocycles. The van der Waals surface area contributed by atoms with Gasteiger partial charge in [-0.25, -0.2) is 4.98 Å². The largest absolute Gasteiger partial charge is 0.370 e. The van der Waals surface area contributed by atoms with Gasteiger partial charge >= 0.3 is 0 Å². The van der Waals surface area contributed by atoms with Crippen LogP contribution in [0.15, 0.2) is 12.1 Å². The van der Waals surface area contributed by atoms with Crippen molar-refractivity contribution in [3.05, 3.63) is 23.4 Å². The second-order valence-corrected chi connectivity index (χ2v) is 4.92. The maximum absolute atomic E-state index is 4.46. The first-order valence-corrected chi connectivity index (χ1v) is 5.81. The van der Waals surface area contributed by atoms with E-state index in [1.165, 1.54) is 5.56 Å². The summed E-state index contributed by atoms with van der Waals surface area (Å²) < 4.78 is 0. The van der Waals surface area contributed by atoms with Crippen LogP contribution in [0.25, 0.3) is 0 Å². The number of aromatic nitrogens is 1. The van der Waals surface area contributed by atoms with Crippen LogP contribution < -0.4 is 5.32 Å². The molecule has 0 saturated heterocycles. The van der Waals surface area contributed by atoms with Crippen molar-refractivity contribution in [1.82, 2.24) is 9.88 Å². The lowest BCUT2D eigenvalue weighted by Crippen LogP contribution is -2.25. The molecule has 0 amide bonds. The van der Waals surface area contributed by atoms with Gasteiger partial charge in [-0.2, -0.15) is 0 Å². The van der Waals surface area contributed by atoms with Crippen LogP contribution in [0.4, 0.5) is 5.82 Å².